The smallest absolute Gasteiger partial charge is 0.261 e. The monoisotopic (exact) mass is 567 g/mol. The number of pyridine rings is 1. The largest absolute Gasteiger partial charge is 0.497 e. The highest BCUT2D eigenvalue weighted by Gasteiger charge is 2.22. The summed E-state index contributed by atoms with van der Waals surface area (Å²) in [6.45, 7) is 1.63. The van der Waals surface area contributed by atoms with Gasteiger partial charge in [-0.1, -0.05) is 24.3 Å². The zero-order chi connectivity index (χ0) is 28.2. The van der Waals surface area contributed by atoms with Crippen LogP contribution in [0.15, 0.2) is 102 Å². The van der Waals surface area contributed by atoms with Crippen LogP contribution >= 0.6 is 0 Å². The molecule has 41 heavy (non-hydrogen) atoms. The molecule has 0 aliphatic carbocycles. The summed E-state index contributed by atoms with van der Waals surface area (Å²) in [4.78, 5) is 16.2. The van der Waals surface area contributed by atoms with Gasteiger partial charge in [0.15, 0.2) is 0 Å². The molecule has 0 spiro atoms. The molecule has 5 aromatic rings. The van der Waals surface area contributed by atoms with E-state index in [2.05, 4.69) is 19.6 Å². The van der Waals surface area contributed by atoms with Crippen molar-refractivity contribution in [2.75, 3.05) is 29.8 Å². The fourth-order valence-corrected chi connectivity index (χ4v) is 5.91. The lowest BCUT2D eigenvalue weighted by atomic mass is 10.1. The summed E-state index contributed by atoms with van der Waals surface area (Å²) in [5, 5.41) is 0. The Morgan fingerprint density at radius 3 is 2.34 bits per heavy atom. The molecule has 9 nitrogen and oxygen atoms in total. The van der Waals surface area contributed by atoms with E-state index < -0.39 is 10.0 Å². The highest BCUT2D eigenvalue weighted by molar-refractivity contribution is 7.92. The van der Waals surface area contributed by atoms with Crippen LogP contribution in [-0.2, 0) is 10.0 Å². The van der Waals surface area contributed by atoms with Crippen molar-refractivity contribution in [3.63, 3.8) is 0 Å². The van der Waals surface area contributed by atoms with Gasteiger partial charge in [-0.05, 0) is 60.2 Å². The number of rotatable bonds is 8. The fraction of sp³-hybridized carbons (Fsp3) is 0.194. The van der Waals surface area contributed by atoms with Crippen LogP contribution in [0, 0.1) is 0 Å². The summed E-state index contributed by atoms with van der Waals surface area (Å²) >= 11 is 0. The predicted molar refractivity (Wildman–Crippen MR) is 159 cm³/mol. The molecule has 0 saturated carbocycles. The molecule has 10 heteroatoms. The van der Waals surface area contributed by atoms with Gasteiger partial charge in [0, 0.05) is 37.7 Å². The zero-order valence-electron chi connectivity index (χ0n) is 22.5. The van der Waals surface area contributed by atoms with Gasteiger partial charge in [-0.2, -0.15) is 0 Å². The molecule has 1 N–H and O–H groups in total. The van der Waals surface area contributed by atoms with Gasteiger partial charge in [0.25, 0.3) is 10.0 Å². The van der Waals surface area contributed by atoms with Crippen molar-refractivity contribution in [3.8, 4) is 22.6 Å². The Bertz CT molecular complexity index is 1760. The third-order valence-electron chi connectivity index (χ3n) is 7.03. The lowest BCUT2D eigenvalue weighted by Gasteiger charge is -2.32. The van der Waals surface area contributed by atoms with Crippen LogP contribution < -0.4 is 19.1 Å². The molecule has 0 atom stereocenters. The maximum atomic E-state index is 12.8. The number of piperidine rings is 1. The Hall–Kier alpha value is -4.70. The third-order valence-corrected chi connectivity index (χ3v) is 8.43. The Labute approximate surface area is 238 Å². The number of sulfonamides is 1. The minimum atomic E-state index is -3.72. The molecule has 3 aromatic carbocycles. The average Bonchev–Trinajstić information content (AvgIpc) is 3.01. The normalized spacial score (nSPS) is 14.1. The average molecular weight is 568 g/mol. The first-order valence-corrected chi connectivity index (χ1v) is 14.8. The summed E-state index contributed by atoms with van der Waals surface area (Å²) in [5.74, 6) is 2.47. The van der Waals surface area contributed by atoms with Gasteiger partial charge in [0.1, 0.15) is 23.4 Å². The predicted octanol–water partition coefficient (Wildman–Crippen LogP) is 5.55. The molecule has 2 aromatic heterocycles. The van der Waals surface area contributed by atoms with E-state index >= 15 is 0 Å². The molecule has 0 bridgehead atoms. The highest BCUT2D eigenvalue weighted by Crippen LogP contribution is 2.28. The topological polar surface area (TPSA) is 107 Å². The van der Waals surface area contributed by atoms with Crippen molar-refractivity contribution in [2.45, 2.75) is 23.8 Å². The fourth-order valence-electron chi connectivity index (χ4n) is 4.85. The van der Waals surface area contributed by atoms with Gasteiger partial charge < -0.3 is 14.4 Å². The van der Waals surface area contributed by atoms with E-state index in [4.69, 9.17) is 14.5 Å². The lowest BCUT2D eigenvalue weighted by molar-refractivity contribution is 0.170. The summed E-state index contributed by atoms with van der Waals surface area (Å²) in [5.41, 5.74) is 3.55. The number of ether oxygens (including phenoxy) is 2. The molecule has 0 unspecified atom stereocenters. The standard InChI is InChI=1S/C31H29N5O4S/c1-39-25-8-10-26(11-9-25)40-27-13-15-36(16-14-27)31-21-33-29-12-7-22(18-30(29)34-31)23-17-24(20-32-19-23)35-41(37,38)28-5-3-2-4-6-28/h2-12,17-21,27,35H,13-16H2,1H3. The van der Waals surface area contributed by atoms with E-state index in [9.17, 15) is 8.42 Å². The van der Waals surface area contributed by atoms with E-state index in [-0.39, 0.29) is 11.0 Å². The summed E-state index contributed by atoms with van der Waals surface area (Å²) < 4.78 is 39.6. The first-order chi connectivity index (χ1) is 20.0. The first kappa shape index (κ1) is 26.5. The van der Waals surface area contributed by atoms with Crippen LogP contribution in [0.25, 0.3) is 22.2 Å². The second-order valence-electron chi connectivity index (χ2n) is 9.79. The molecular weight excluding hydrogens is 538 g/mol. The number of nitrogens with zero attached hydrogens (tertiary/aromatic N) is 4. The Morgan fingerprint density at radius 2 is 1.59 bits per heavy atom. The molecule has 1 saturated heterocycles. The minimum absolute atomic E-state index is 0.138. The van der Waals surface area contributed by atoms with Crippen molar-refractivity contribution in [1.82, 2.24) is 15.0 Å². The van der Waals surface area contributed by atoms with Crippen molar-refractivity contribution in [2.24, 2.45) is 0 Å². The van der Waals surface area contributed by atoms with Gasteiger partial charge in [0.2, 0.25) is 0 Å². The van der Waals surface area contributed by atoms with Crippen LogP contribution in [-0.4, -0.2) is 49.7 Å². The van der Waals surface area contributed by atoms with Crippen LogP contribution in [0.5, 0.6) is 11.5 Å². The Morgan fingerprint density at radius 1 is 0.829 bits per heavy atom. The van der Waals surface area contributed by atoms with Crippen molar-refractivity contribution in [3.05, 3.63) is 97.5 Å². The molecule has 208 valence electrons. The van der Waals surface area contributed by atoms with Crippen molar-refractivity contribution >= 4 is 32.6 Å². The number of anilines is 2. The highest BCUT2D eigenvalue weighted by atomic mass is 32.2. The van der Waals surface area contributed by atoms with Crippen molar-refractivity contribution in [1.29, 1.82) is 0 Å². The number of aromatic nitrogens is 3. The molecule has 1 aliphatic heterocycles. The molecule has 0 radical (unpaired) electrons. The number of benzene rings is 3. The Balaban J connectivity index is 1.16. The molecule has 1 aliphatic rings. The maximum absolute atomic E-state index is 12.8. The van der Waals surface area contributed by atoms with E-state index in [1.54, 1.807) is 49.7 Å². The van der Waals surface area contributed by atoms with Crippen LogP contribution in [0.3, 0.4) is 0 Å². The summed E-state index contributed by atoms with van der Waals surface area (Å²) in [7, 11) is -2.07. The van der Waals surface area contributed by atoms with E-state index in [0.717, 1.165) is 65.4 Å². The number of hydrogen-bond donors (Lipinski definition) is 1. The van der Waals surface area contributed by atoms with Gasteiger partial charge in [-0.3, -0.25) is 14.7 Å². The second kappa shape index (κ2) is 11.4. The first-order valence-electron chi connectivity index (χ1n) is 13.3. The maximum Gasteiger partial charge on any atom is 0.261 e. The van der Waals surface area contributed by atoms with Crippen LogP contribution in [0.1, 0.15) is 12.8 Å². The zero-order valence-corrected chi connectivity index (χ0v) is 23.3. The number of fused-ring (bicyclic) bond motifs is 1. The molecular formula is C31H29N5O4S. The molecule has 6 rings (SSSR count). The summed E-state index contributed by atoms with van der Waals surface area (Å²) in [6, 6.07) is 23.5. The second-order valence-corrected chi connectivity index (χ2v) is 11.5. The molecule has 1 fully saturated rings. The van der Waals surface area contributed by atoms with Gasteiger partial charge in [-0.25, -0.2) is 13.4 Å². The minimum Gasteiger partial charge on any atom is -0.497 e. The summed E-state index contributed by atoms with van der Waals surface area (Å²) in [6.07, 6.45) is 6.90. The van der Waals surface area contributed by atoms with E-state index in [0.29, 0.717) is 5.69 Å². The van der Waals surface area contributed by atoms with E-state index in [1.165, 1.54) is 6.20 Å². The number of nitrogens with one attached hydrogen (secondary N) is 1. The quantitative estimate of drug-likeness (QED) is 0.260. The SMILES string of the molecule is COc1ccc(OC2CCN(c3cnc4ccc(-c5cncc(NS(=O)(=O)c6ccccc6)c5)cc4n3)CC2)cc1. The Kier molecular flexibility index (Phi) is 7.39. The van der Waals surface area contributed by atoms with Crippen molar-refractivity contribution < 1.29 is 17.9 Å². The van der Waals surface area contributed by atoms with Crippen LogP contribution in [0.4, 0.5) is 11.5 Å². The molecule has 0 amide bonds. The number of hydrogen-bond acceptors (Lipinski definition) is 8. The van der Waals surface area contributed by atoms with Gasteiger partial charge >= 0.3 is 0 Å². The lowest BCUT2D eigenvalue weighted by Crippen LogP contribution is -2.38. The van der Waals surface area contributed by atoms with Gasteiger partial charge in [-0.15, -0.1) is 0 Å². The number of methoxy groups -OCH3 is 1. The molecule has 3 heterocycles. The van der Waals surface area contributed by atoms with E-state index in [1.807, 2.05) is 48.7 Å². The van der Waals surface area contributed by atoms with Crippen LogP contribution in [0.2, 0.25) is 0 Å². The third kappa shape index (κ3) is 6.07. The van der Waals surface area contributed by atoms with Gasteiger partial charge in [0.05, 0.1) is 41.1 Å².